The summed E-state index contributed by atoms with van der Waals surface area (Å²) in [6.45, 7) is 2.49. The van der Waals surface area contributed by atoms with Gasteiger partial charge in [0.05, 0.1) is 20.9 Å². The average molecular weight is 646 g/mol. The molecule has 3 aromatic rings. The lowest BCUT2D eigenvalue weighted by Gasteiger charge is -2.13. The number of amides is 1. The maximum atomic E-state index is 12.4. The van der Waals surface area contributed by atoms with Crippen molar-refractivity contribution in [2.45, 2.75) is 6.92 Å². The molecule has 0 fully saturated rings. The topological polar surface area (TPSA) is 73.1 Å². The van der Waals surface area contributed by atoms with E-state index < -0.39 is 5.91 Å². The SMILES string of the molecule is C#CCOc1c(I)cc(/C=N\NC(=O)c2cc3cc(Br)cc(Br)c3o2)cc1OCC. The first-order valence-electron chi connectivity index (χ1n) is 8.67. The second kappa shape index (κ2) is 10.3. The summed E-state index contributed by atoms with van der Waals surface area (Å²) in [7, 11) is 0. The van der Waals surface area contributed by atoms with E-state index >= 15 is 0 Å². The Bertz CT molecular complexity index is 1170. The van der Waals surface area contributed by atoms with E-state index in [2.05, 4.69) is 70.9 Å². The van der Waals surface area contributed by atoms with Crippen LogP contribution in [0.4, 0.5) is 0 Å². The predicted molar refractivity (Wildman–Crippen MR) is 131 cm³/mol. The molecule has 1 N–H and O–H groups in total. The van der Waals surface area contributed by atoms with Crippen LogP contribution in [0.2, 0.25) is 0 Å². The van der Waals surface area contributed by atoms with Crippen molar-refractivity contribution < 1.29 is 18.7 Å². The number of nitrogens with zero attached hydrogens (tertiary/aromatic N) is 1. The largest absolute Gasteiger partial charge is 0.490 e. The molecule has 2 aromatic carbocycles. The van der Waals surface area contributed by atoms with Gasteiger partial charge >= 0.3 is 5.91 Å². The number of halogens is 3. The molecule has 1 heterocycles. The molecule has 0 aliphatic heterocycles. The van der Waals surface area contributed by atoms with Crippen LogP contribution in [0.25, 0.3) is 11.0 Å². The van der Waals surface area contributed by atoms with Crippen molar-refractivity contribution in [1.82, 2.24) is 5.43 Å². The lowest BCUT2D eigenvalue weighted by Crippen LogP contribution is -2.16. The molecule has 0 aliphatic carbocycles. The lowest BCUT2D eigenvalue weighted by molar-refractivity contribution is 0.0929. The Kier molecular flexibility index (Phi) is 7.80. The van der Waals surface area contributed by atoms with Gasteiger partial charge in [-0.15, -0.1) is 6.42 Å². The van der Waals surface area contributed by atoms with Crippen molar-refractivity contribution in [3.8, 4) is 23.8 Å². The number of furan rings is 1. The maximum absolute atomic E-state index is 12.4. The van der Waals surface area contributed by atoms with Gasteiger partial charge in [-0.05, 0) is 81.3 Å². The fourth-order valence-electron chi connectivity index (χ4n) is 2.59. The molecule has 30 heavy (non-hydrogen) atoms. The van der Waals surface area contributed by atoms with Gasteiger partial charge in [-0.3, -0.25) is 4.79 Å². The Morgan fingerprint density at radius 3 is 2.83 bits per heavy atom. The molecule has 9 heteroatoms. The van der Waals surface area contributed by atoms with Crippen LogP contribution in [0.3, 0.4) is 0 Å². The van der Waals surface area contributed by atoms with Crippen LogP contribution < -0.4 is 14.9 Å². The lowest BCUT2D eigenvalue weighted by atomic mass is 10.2. The molecule has 0 unspecified atom stereocenters. The summed E-state index contributed by atoms with van der Waals surface area (Å²) in [6, 6.07) is 8.98. The second-order valence-corrected chi connectivity index (χ2v) is 8.80. The molecule has 0 atom stereocenters. The standard InChI is InChI=1S/C21H15Br2IN2O4/c1-3-5-29-20-16(24)6-12(7-17(20)28-4-2)11-25-26-21(27)18-9-13-8-14(22)10-15(23)19(13)30-18/h1,6-11H,4-5H2,2H3,(H,26,27)/b25-11-. The molecule has 0 aliphatic rings. The molecular formula is C21H15Br2IN2O4. The highest BCUT2D eigenvalue weighted by atomic mass is 127. The van der Waals surface area contributed by atoms with E-state index in [1.165, 1.54) is 6.21 Å². The summed E-state index contributed by atoms with van der Waals surface area (Å²) in [6.07, 6.45) is 6.79. The Morgan fingerprint density at radius 1 is 1.30 bits per heavy atom. The van der Waals surface area contributed by atoms with Crippen LogP contribution in [0.15, 0.2) is 48.8 Å². The minimum atomic E-state index is -0.459. The van der Waals surface area contributed by atoms with Crippen LogP contribution in [-0.4, -0.2) is 25.3 Å². The van der Waals surface area contributed by atoms with Crippen LogP contribution in [0.5, 0.6) is 11.5 Å². The van der Waals surface area contributed by atoms with E-state index in [1.54, 1.807) is 12.1 Å². The van der Waals surface area contributed by atoms with E-state index in [0.29, 0.717) is 23.7 Å². The Labute approximate surface area is 203 Å². The third-order valence-corrected chi connectivity index (χ3v) is 5.62. The van der Waals surface area contributed by atoms with E-state index in [4.69, 9.17) is 20.3 Å². The minimum absolute atomic E-state index is 0.143. The Balaban J connectivity index is 1.77. The van der Waals surface area contributed by atoms with Crippen molar-refractivity contribution in [3.05, 3.63) is 54.2 Å². The number of carbonyl (C=O) groups excluding carboxylic acids is 1. The van der Waals surface area contributed by atoms with Crippen molar-refractivity contribution >= 4 is 77.5 Å². The highest BCUT2D eigenvalue weighted by Gasteiger charge is 2.15. The van der Waals surface area contributed by atoms with Gasteiger partial charge in [0.1, 0.15) is 12.2 Å². The zero-order chi connectivity index (χ0) is 21.7. The average Bonchev–Trinajstić information content (AvgIpc) is 3.12. The van der Waals surface area contributed by atoms with Gasteiger partial charge in [-0.2, -0.15) is 5.10 Å². The third-order valence-electron chi connectivity index (χ3n) is 3.77. The number of ether oxygens (including phenoxy) is 2. The summed E-state index contributed by atoms with van der Waals surface area (Å²) >= 11 is 8.97. The minimum Gasteiger partial charge on any atom is -0.490 e. The molecule has 0 radical (unpaired) electrons. The number of fused-ring (bicyclic) bond motifs is 1. The normalized spacial score (nSPS) is 10.9. The second-order valence-electron chi connectivity index (χ2n) is 5.87. The molecule has 0 spiro atoms. The first kappa shape index (κ1) is 22.7. The van der Waals surface area contributed by atoms with Crippen molar-refractivity contribution in [2.75, 3.05) is 13.2 Å². The molecule has 3 rings (SSSR count). The van der Waals surface area contributed by atoms with Gasteiger partial charge in [-0.25, -0.2) is 5.43 Å². The number of hydrogen-bond acceptors (Lipinski definition) is 5. The van der Waals surface area contributed by atoms with Gasteiger partial charge in [0, 0.05) is 9.86 Å². The molecule has 0 saturated carbocycles. The van der Waals surface area contributed by atoms with E-state index in [9.17, 15) is 4.79 Å². The summed E-state index contributed by atoms with van der Waals surface area (Å²) < 4.78 is 19.3. The van der Waals surface area contributed by atoms with E-state index in [0.717, 1.165) is 23.5 Å². The van der Waals surface area contributed by atoms with Gasteiger partial charge < -0.3 is 13.9 Å². The number of carbonyl (C=O) groups is 1. The third kappa shape index (κ3) is 5.36. The first-order chi connectivity index (χ1) is 14.4. The molecular weight excluding hydrogens is 631 g/mol. The molecule has 154 valence electrons. The molecule has 6 nitrogen and oxygen atoms in total. The van der Waals surface area contributed by atoms with Crippen molar-refractivity contribution in [3.63, 3.8) is 0 Å². The molecule has 0 saturated heterocycles. The monoisotopic (exact) mass is 644 g/mol. The predicted octanol–water partition coefficient (Wildman–Crippen LogP) is 5.74. The number of rotatable bonds is 7. The van der Waals surface area contributed by atoms with Crippen LogP contribution in [0, 0.1) is 15.9 Å². The molecule has 0 bridgehead atoms. The Hall–Kier alpha value is -2.03. The fourth-order valence-corrected chi connectivity index (χ4v) is 4.71. The number of benzene rings is 2. The zero-order valence-electron chi connectivity index (χ0n) is 15.7. The molecule has 1 amide bonds. The Morgan fingerprint density at radius 2 is 2.10 bits per heavy atom. The summed E-state index contributed by atoms with van der Waals surface area (Å²) in [5, 5.41) is 4.82. The maximum Gasteiger partial charge on any atom is 0.307 e. The highest BCUT2D eigenvalue weighted by molar-refractivity contribution is 14.1. The van der Waals surface area contributed by atoms with Crippen molar-refractivity contribution in [1.29, 1.82) is 0 Å². The first-order valence-corrected chi connectivity index (χ1v) is 11.3. The van der Waals surface area contributed by atoms with E-state index in [-0.39, 0.29) is 12.4 Å². The smallest absolute Gasteiger partial charge is 0.307 e. The van der Waals surface area contributed by atoms with Gasteiger partial charge in [-0.1, -0.05) is 21.9 Å². The number of hydrogen-bond donors (Lipinski definition) is 1. The number of terminal acetylenes is 1. The summed E-state index contributed by atoms with van der Waals surface area (Å²) in [5.74, 6) is 3.27. The quantitative estimate of drug-likeness (QED) is 0.154. The van der Waals surface area contributed by atoms with Gasteiger partial charge in [0.2, 0.25) is 0 Å². The van der Waals surface area contributed by atoms with Crippen LogP contribution in [0.1, 0.15) is 23.0 Å². The van der Waals surface area contributed by atoms with Crippen LogP contribution >= 0.6 is 54.5 Å². The van der Waals surface area contributed by atoms with Crippen molar-refractivity contribution in [2.24, 2.45) is 5.10 Å². The summed E-state index contributed by atoms with van der Waals surface area (Å²) in [5.41, 5.74) is 3.79. The summed E-state index contributed by atoms with van der Waals surface area (Å²) in [4.78, 5) is 12.4. The van der Waals surface area contributed by atoms with Gasteiger partial charge in [0.25, 0.3) is 0 Å². The van der Waals surface area contributed by atoms with Gasteiger partial charge in [0.15, 0.2) is 17.3 Å². The number of nitrogens with one attached hydrogen (secondary N) is 1. The number of hydrazone groups is 1. The highest BCUT2D eigenvalue weighted by Crippen LogP contribution is 2.34. The molecule has 1 aromatic heterocycles. The van der Waals surface area contributed by atoms with E-state index in [1.807, 2.05) is 25.1 Å². The fraction of sp³-hybridized carbons (Fsp3) is 0.143. The van der Waals surface area contributed by atoms with Crippen LogP contribution in [-0.2, 0) is 0 Å². The zero-order valence-corrected chi connectivity index (χ0v) is 21.0.